The molecule has 1 aliphatic carbocycles. The molecule has 0 aliphatic heterocycles. The Morgan fingerprint density at radius 1 is 1.38 bits per heavy atom. The smallest absolute Gasteiger partial charge is 0.244 e. The first-order valence-electron chi connectivity index (χ1n) is 7.04. The van der Waals surface area contributed by atoms with Crippen LogP contribution in [0.3, 0.4) is 0 Å². The van der Waals surface area contributed by atoms with Crippen molar-refractivity contribution in [2.75, 3.05) is 12.0 Å². The lowest BCUT2D eigenvalue weighted by molar-refractivity contribution is 0.290. The first kappa shape index (κ1) is 16.7. The molecular weight excluding hydrogens is 356 g/mol. The maximum Gasteiger partial charge on any atom is 0.244 e. The molecule has 0 saturated heterocycles. The van der Waals surface area contributed by atoms with E-state index in [9.17, 15) is 8.42 Å². The van der Waals surface area contributed by atoms with Gasteiger partial charge in [0.25, 0.3) is 0 Å². The quantitative estimate of drug-likeness (QED) is 0.540. The number of pyridine rings is 1. The Bertz CT molecular complexity index is 586. The van der Waals surface area contributed by atoms with Crippen LogP contribution < -0.4 is 16.0 Å². The van der Waals surface area contributed by atoms with Gasteiger partial charge in [-0.05, 0) is 46.7 Å². The molecule has 1 fully saturated rings. The van der Waals surface area contributed by atoms with E-state index in [2.05, 4.69) is 38.0 Å². The number of anilines is 1. The van der Waals surface area contributed by atoms with E-state index in [4.69, 9.17) is 5.84 Å². The van der Waals surface area contributed by atoms with Gasteiger partial charge in [0, 0.05) is 17.2 Å². The normalized spacial score (nSPS) is 23.0. The van der Waals surface area contributed by atoms with Crippen molar-refractivity contribution in [1.82, 2.24) is 9.71 Å². The number of nitrogens with one attached hydrogen (secondary N) is 2. The largest absolute Gasteiger partial charge is 0.307 e. The van der Waals surface area contributed by atoms with Gasteiger partial charge in [-0.15, -0.1) is 0 Å². The van der Waals surface area contributed by atoms with Crippen molar-refractivity contribution in [2.45, 2.75) is 37.5 Å². The average molecular weight is 377 g/mol. The third-order valence-corrected chi connectivity index (χ3v) is 5.81. The van der Waals surface area contributed by atoms with E-state index in [0.29, 0.717) is 16.9 Å². The van der Waals surface area contributed by atoms with Crippen LogP contribution in [0.4, 0.5) is 5.82 Å². The molecular formula is C13H21BrN4O2S. The van der Waals surface area contributed by atoms with Crippen LogP contribution in [0, 0.1) is 11.8 Å². The summed E-state index contributed by atoms with van der Waals surface area (Å²) in [4.78, 5) is 4.02. The maximum absolute atomic E-state index is 12.4. The number of halogens is 1. The molecule has 0 amide bonds. The molecule has 0 radical (unpaired) electrons. The minimum Gasteiger partial charge on any atom is -0.307 e. The fraction of sp³-hybridized carbons (Fsp3) is 0.615. The van der Waals surface area contributed by atoms with Gasteiger partial charge in [0.05, 0.1) is 0 Å². The molecule has 21 heavy (non-hydrogen) atoms. The number of aromatic nitrogens is 1. The monoisotopic (exact) mass is 376 g/mol. The second-order valence-electron chi connectivity index (χ2n) is 5.62. The number of rotatable bonds is 5. The van der Waals surface area contributed by atoms with Gasteiger partial charge >= 0.3 is 0 Å². The van der Waals surface area contributed by atoms with E-state index in [1.807, 2.05) is 0 Å². The Kier molecular flexibility index (Phi) is 5.59. The van der Waals surface area contributed by atoms with Gasteiger partial charge in [0.1, 0.15) is 4.90 Å². The van der Waals surface area contributed by atoms with Crippen LogP contribution in [-0.4, -0.2) is 19.9 Å². The van der Waals surface area contributed by atoms with Crippen LogP contribution in [-0.2, 0) is 10.0 Å². The Balaban J connectivity index is 2.06. The fourth-order valence-electron chi connectivity index (χ4n) is 2.57. The van der Waals surface area contributed by atoms with Gasteiger partial charge < -0.3 is 5.43 Å². The first-order chi connectivity index (χ1) is 9.92. The summed E-state index contributed by atoms with van der Waals surface area (Å²) in [6.45, 7) is 2.71. The van der Waals surface area contributed by atoms with E-state index in [1.165, 1.54) is 25.1 Å². The Hall–Kier alpha value is -0.700. The number of nitrogens with two attached hydrogens (primary N) is 1. The van der Waals surface area contributed by atoms with Crippen LogP contribution in [0.15, 0.2) is 21.6 Å². The molecule has 0 spiro atoms. The number of sulfonamides is 1. The van der Waals surface area contributed by atoms with Gasteiger partial charge in [0.2, 0.25) is 10.0 Å². The highest BCUT2D eigenvalue weighted by molar-refractivity contribution is 9.10. The summed E-state index contributed by atoms with van der Waals surface area (Å²) in [6.07, 6.45) is 5.97. The zero-order valence-electron chi connectivity index (χ0n) is 12.0. The number of nitrogen functional groups attached to an aromatic ring is 1. The molecule has 1 heterocycles. The molecule has 0 bridgehead atoms. The van der Waals surface area contributed by atoms with Gasteiger partial charge in [0.15, 0.2) is 5.82 Å². The zero-order chi connectivity index (χ0) is 15.5. The van der Waals surface area contributed by atoms with E-state index in [0.717, 1.165) is 18.8 Å². The average Bonchev–Trinajstić information content (AvgIpc) is 2.47. The van der Waals surface area contributed by atoms with E-state index >= 15 is 0 Å². The van der Waals surface area contributed by atoms with Gasteiger partial charge in [-0.25, -0.2) is 24.0 Å². The lowest BCUT2D eigenvalue weighted by Gasteiger charge is -2.26. The topological polar surface area (TPSA) is 97.1 Å². The number of hydrazine groups is 1. The lowest BCUT2D eigenvalue weighted by Crippen LogP contribution is -2.32. The summed E-state index contributed by atoms with van der Waals surface area (Å²) in [6, 6.07) is 1.49. The van der Waals surface area contributed by atoms with E-state index in [1.54, 1.807) is 0 Å². The van der Waals surface area contributed by atoms with E-state index in [-0.39, 0.29) is 10.7 Å². The number of nitrogens with zero attached hydrogens (tertiary/aromatic N) is 1. The van der Waals surface area contributed by atoms with Crippen molar-refractivity contribution >= 4 is 31.8 Å². The molecule has 1 aliphatic rings. The summed E-state index contributed by atoms with van der Waals surface area (Å²) in [5.41, 5.74) is 2.32. The zero-order valence-corrected chi connectivity index (χ0v) is 14.4. The minimum atomic E-state index is -3.62. The molecule has 2 rings (SSSR count). The summed E-state index contributed by atoms with van der Waals surface area (Å²) >= 11 is 3.23. The summed E-state index contributed by atoms with van der Waals surface area (Å²) in [7, 11) is -3.62. The highest BCUT2D eigenvalue weighted by Crippen LogP contribution is 2.28. The maximum atomic E-state index is 12.4. The Labute approximate surface area is 134 Å². The molecule has 0 aromatic carbocycles. The van der Waals surface area contributed by atoms with Crippen LogP contribution in [0.5, 0.6) is 0 Å². The van der Waals surface area contributed by atoms with Gasteiger partial charge in [-0.2, -0.15) is 0 Å². The molecule has 1 aromatic rings. The van der Waals surface area contributed by atoms with Crippen molar-refractivity contribution < 1.29 is 8.42 Å². The molecule has 4 N–H and O–H groups in total. The predicted octanol–water partition coefficient (Wildman–Crippen LogP) is 2.23. The highest BCUT2D eigenvalue weighted by atomic mass is 79.9. The molecule has 118 valence electrons. The lowest BCUT2D eigenvalue weighted by atomic mass is 9.83. The molecule has 1 saturated carbocycles. The minimum absolute atomic E-state index is 0.0588. The van der Waals surface area contributed by atoms with Crippen molar-refractivity contribution in [1.29, 1.82) is 0 Å². The van der Waals surface area contributed by atoms with Crippen LogP contribution in [0.2, 0.25) is 0 Å². The first-order valence-corrected chi connectivity index (χ1v) is 9.32. The van der Waals surface area contributed by atoms with E-state index < -0.39 is 10.0 Å². The van der Waals surface area contributed by atoms with Crippen molar-refractivity contribution in [3.05, 3.63) is 16.7 Å². The van der Waals surface area contributed by atoms with Crippen LogP contribution in [0.1, 0.15) is 32.6 Å². The standard InChI is InChI=1S/C13H21BrN4O2S/c1-9-2-4-10(5-3-9)7-17-21(19,20)12-6-11(14)8-16-13(12)18-15/h6,8-10,17H,2-5,7,15H2,1H3,(H,16,18). The predicted molar refractivity (Wildman–Crippen MR) is 86.1 cm³/mol. The summed E-state index contributed by atoms with van der Waals surface area (Å²) < 4.78 is 28.1. The third kappa shape index (κ3) is 4.38. The third-order valence-electron chi connectivity index (χ3n) is 3.94. The number of hydrogen-bond donors (Lipinski definition) is 3. The second-order valence-corrected chi connectivity index (χ2v) is 8.27. The summed E-state index contributed by atoms with van der Waals surface area (Å²) in [5.74, 6) is 6.63. The SMILES string of the molecule is CC1CCC(CNS(=O)(=O)c2cc(Br)cnc2NN)CC1. The van der Waals surface area contributed by atoms with Gasteiger partial charge in [-0.3, -0.25) is 0 Å². The van der Waals surface area contributed by atoms with Crippen molar-refractivity contribution in [3.63, 3.8) is 0 Å². The second kappa shape index (κ2) is 7.04. The summed E-state index contributed by atoms with van der Waals surface area (Å²) in [5, 5.41) is 0. The fourth-order valence-corrected chi connectivity index (χ4v) is 4.31. The highest BCUT2D eigenvalue weighted by Gasteiger charge is 2.23. The van der Waals surface area contributed by atoms with Crippen molar-refractivity contribution in [3.8, 4) is 0 Å². The molecule has 0 atom stereocenters. The van der Waals surface area contributed by atoms with Crippen LogP contribution in [0.25, 0.3) is 0 Å². The molecule has 8 heteroatoms. The Morgan fingerprint density at radius 2 is 2.05 bits per heavy atom. The molecule has 1 aromatic heterocycles. The molecule has 6 nitrogen and oxygen atoms in total. The number of hydrogen-bond acceptors (Lipinski definition) is 5. The van der Waals surface area contributed by atoms with Crippen LogP contribution >= 0.6 is 15.9 Å². The molecule has 0 unspecified atom stereocenters. The van der Waals surface area contributed by atoms with Gasteiger partial charge in [-0.1, -0.05) is 19.8 Å². The van der Waals surface area contributed by atoms with Crippen molar-refractivity contribution in [2.24, 2.45) is 17.7 Å². The Morgan fingerprint density at radius 3 is 2.67 bits per heavy atom.